The molecule has 1 aromatic heterocycles. The number of nitrogens with zero attached hydrogens (tertiary/aromatic N) is 1. The van der Waals surface area contributed by atoms with Gasteiger partial charge in [0, 0.05) is 16.8 Å². The van der Waals surface area contributed by atoms with Crippen LogP contribution in [0.5, 0.6) is 0 Å². The first-order valence-electron chi connectivity index (χ1n) is 5.83. The molecule has 1 aromatic rings. The fourth-order valence-electron chi connectivity index (χ4n) is 2.25. The van der Waals surface area contributed by atoms with Crippen LogP contribution in [0.1, 0.15) is 44.2 Å². The predicted molar refractivity (Wildman–Crippen MR) is 70.3 cm³/mol. The highest BCUT2D eigenvalue weighted by Crippen LogP contribution is 2.35. The zero-order valence-corrected chi connectivity index (χ0v) is 11.3. The van der Waals surface area contributed by atoms with Gasteiger partial charge in [0.25, 0.3) is 0 Å². The second kappa shape index (κ2) is 3.88. The average Bonchev–Trinajstić information content (AvgIpc) is 2.64. The normalized spacial score (nSPS) is 20.8. The number of fused-ring (bicyclic) bond motifs is 1. The summed E-state index contributed by atoms with van der Waals surface area (Å²) in [5.74, 6) is 0.761. The lowest BCUT2D eigenvalue weighted by Gasteiger charge is -2.40. The lowest BCUT2D eigenvalue weighted by atomic mass is 9.91. The molecule has 0 aromatic carbocycles. The van der Waals surface area contributed by atoms with E-state index < -0.39 is 0 Å². The van der Waals surface area contributed by atoms with E-state index in [1.807, 2.05) is 11.3 Å². The van der Waals surface area contributed by atoms with Gasteiger partial charge in [-0.25, -0.2) is 0 Å². The Labute approximate surface area is 102 Å². The summed E-state index contributed by atoms with van der Waals surface area (Å²) in [4.78, 5) is 3.75. The Kier molecular flexibility index (Phi) is 2.82. The Hall–Kier alpha value is -0.830. The zero-order chi connectivity index (χ0) is 11.9. The second-order valence-electron chi connectivity index (χ2n) is 5.52. The number of hydrogen-bond acceptors (Lipinski definition) is 2. The van der Waals surface area contributed by atoms with Gasteiger partial charge in [0.15, 0.2) is 0 Å². The summed E-state index contributed by atoms with van der Waals surface area (Å²) < 4.78 is 0. The van der Waals surface area contributed by atoms with Crippen molar-refractivity contribution in [3.8, 4) is 0 Å². The lowest BCUT2D eigenvalue weighted by molar-refractivity contribution is 0.288. The molecular formula is C13H20N2S. The zero-order valence-electron chi connectivity index (χ0n) is 10.5. The van der Waals surface area contributed by atoms with Gasteiger partial charge in [-0.1, -0.05) is 20.8 Å². The van der Waals surface area contributed by atoms with E-state index in [1.165, 1.54) is 10.4 Å². The smallest absolute Gasteiger partial charge is 0.102 e. The van der Waals surface area contributed by atoms with E-state index in [9.17, 15) is 0 Å². The van der Waals surface area contributed by atoms with Crippen molar-refractivity contribution in [1.29, 1.82) is 5.41 Å². The third kappa shape index (κ3) is 1.88. The molecule has 0 saturated carbocycles. The van der Waals surface area contributed by atoms with E-state index in [0.29, 0.717) is 6.04 Å². The summed E-state index contributed by atoms with van der Waals surface area (Å²) >= 11 is 1.85. The molecule has 1 aliphatic rings. The van der Waals surface area contributed by atoms with Gasteiger partial charge in [-0.05, 0) is 30.4 Å². The van der Waals surface area contributed by atoms with Crippen molar-refractivity contribution in [2.45, 2.75) is 40.2 Å². The third-order valence-electron chi connectivity index (χ3n) is 3.27. The topological polar surface area (TPSA) is 27.1 Å². The molecule has 0 bridgehead atoms. The van der Waals surface area contributed by atoms with Crippen LogP contribution >= 0.6 is 11.3 Å². The molecule has 88 valence electrons. The van der Waals surface area contributed by atoms with Crippen LogP contribution in [0.4, 0.5) is 0 Å². The van der Waals surface area contributed by atoms with Gasteiger partial charge < -0.3 is 4.90 Å². The second-order valence-corrected chi connectivity index (χ2v) is 6.52. The standard InChI is InChI=1S/C13H20N2S/c1-9-10-6-8-16-11(10)5-7-15(9)12(14)13(2,3)4/h6,8-9,14H,5,7H2,1-4H3. The molecule has 0 spiro atoms. The maximum Gasteiger partial charge on any atom is 0.102 e. The van der Waals surface area contributed by atoms with Crippen molar-refractivity contribution in [3.63, 3.8) is 0 Å². The molecule has 16 heavy (non-hydrogen) atoms. The molecule has 3 heteroatoms. The van der Waals surface area contributed by atoms with E-state index >= 15 is 0 Å². The summed E-state index contributed by atoms with van der Waals surface area (Å²) in [6.45, 7) is 9.55. The Bertz CT molecular complexity index is 400. The number of hydrogen-bond donors (Lipinski definition) is 1. The van der Waals surface area contributed by atoms with E-state index in [4.69, 9.17) is 5.41 Å². The van der Waals surface area contributed by atoms with Gasteiger partial charge in [-0.15, -0.1) is 11.3 Å². The van der Waals surface area contributed by atoms with Crippen LogP contribution in [0.15, 0.2) is 11.4 Å². The first-order valence-corrected chi connectivity index (χ1v) is 6.71. The number of amidine groups is 1. The van der Waals surface area contributed by atoms with Gasteiger partial charge in [0.05, 0.1) is 6.04 Å². The number of nitrogens with one attached hydrogen (secondary N) is 1. The minimum atomic E-state index is -0.0538. The van der Waals surface area contributed by atoms with E-state index in [-0.39, 0.29) is 5.41 Å². The molecule has 1 aliphatic heterocycles. The SMILES string of the molecule is CC1c2ccsc2CCN1C(=N)C(C)(C)C. The molecule has 0 aliphatic carbocycles. The first kappa shape index (κ1) is 11.6. The number of thiophene rings is 1. The third-order valence-corrected chi connectivity index (χ3v) is 4.27. The quantitative estimate of drug-likeness (QED) is 0.540. The average molecular weight is 236 g/mol. The van der Waals surface area contributed by atoms with Crippen LogP contribution in [-0.2, 0) is 6.42 Å². The fourth-order valence-corrected chi connectivity index (χ4v) is 3.21. The molecular weight excluding hydrogens is 216 g/mol. The summed E-state index contributed by atoms with van der Waals surface area (Å²) in [5.41, 5.74) is 1.37. The Morgan fingerprint density at radius 3 is 2.81 bits per heavy atom. The summed E-state index contributed by atoms with van der Waals surface area (Å²) in [5, 5.41) is 10.5. The summed E-state index contributed by atoms with van der Waals surface area (Å²) in [6, 6.07) is 2.58. The van der Waals surface area contributed by atoms with E-state index in [0.717, 1.165) is 18.8 Å². The molecule has 2 nitrogen and oxygen atoms in total. The molecule has 0 saturated heterocycles. The Morgan fingerprint density at radius 2 is 2.19 bits per heavy atom. The summed E-state index contributed by atoms with van der Waals surface area (Å²) in [7, 11) is 0. The van der Waals surface area contributed by atoms with Crippen LogP contribution in [0.2, 0.25) is 0 Å². The molecule has 0 amide bonds. The largest absolute Gasteiger partial charge is 0.353 e. The highest BCUT2D eigenvalue weighted by molar-refractivity contribution is 7.10. The van der Waals surface area contributed by atoms with Crippen LogP contribution in [-0.4, -0.2) is 17.3 Å². The molecule has 1 atom stereocenters. The van der Waals surface area contributed by atoms with Crippen molar-refractivity contribution >= 4 is 17.2 Å². The van der Waals surface area contributed by atoms with Gasteiger partial charge in [0.1, 0.15) is 5.84 Å². The lowest BCUT2D eigenvalue weighted by Crippen LogP contribution is -2.43. The van der Waals surface area contributed by atoms with E-state index in [1.54, 1.807) is 0 Å². The van der Waals surface area contributed by atoms with E-state index in [2.05, 4.69) is 44.0 Å². The van der Waals surface area contributed by atoms with Crippen LogP contribution in [0.3, 0.4) is 0 Å². The molecule has 2 heterocycles. The van der Waals surface area contributed by atoms with Crippen LogP contribution in [0, 0.1) is 10.8 Å². The van der Waals surface area contributed by atoms with Crippen LogP contribution < -0.4 is 0 Å². The van der Waals surface area contributed by atoms with Crippen molar-refractivity contribution in [3.05, 3.63) is 21.9 Å². The maximum absolute atomic E-state index is 8.29. The van der Waals surface area contributed by atoms with Crippen LogP contribution in [0.25, 0.3) is 0 Å². The monoisotopic (exact) mass is 236 g/mol. The molecule has 0 radical (unpaired) electrons. The van der Waals surface area contributed by atoms with Crippen molar-refractivity contribution in [1.82, 2.24) is 4.90 Å². The Balaban J connectivity index is 2.25. The van der Waals surface area contributed by atoms with Gasteiger partial charge in [0.2, 0.25) is 0 Å². The molecule has 1 unspecified atom stereocenters. The minimum Gasteiger partial charge on any atom is -0.353 e. The van der Waals surface area contributed by atoms with Crippen molar-refractivity contribution in [2.75, 3.05) is 6.54 Å². The van der Waals surface area contributed by atoms with Gasteiger partial charge in [-0.3, -0.25) is 5.41 Å². The maximum atomic E-state index is 8.29. The molecule has 0 fully saturated rings. The fraction of sp³-hybridized carbons (Fsp3) is 0.615. The van der Waals surface area contributed by atoms with Gasteiger partial charge >= 0.3 is 0 Å². The highest BCUT2D eigenvalue weighted by Gasteiger charge is 2.31. The van der Waals surface area contributed by atoms with Crippen molar-refractivity contribution in [2.24, 2.45) is 5.41 Å². The number of rotatable bonds is 0. The molecule has 1 N–H and O–H groups in total. The first-order chi connectivity index (χ1) is 7.41. The highest BCUT2D eigenvalue weighted by atomic mass is 32.1. The molecule has 2 rings (SSSR count). The minimum absolute atomic E-state index is 0.0538. The predicted octanol–water partition coefficient (Wildman–Crippen LogP) is 3.69. The Morgan fingerprint density at radius 1 is 1.50 bits per heavy atom. The van der Waals surface area contributed by atoms with Gasteiger partial charge in [-0.2, -0.15) is 0 Å². The summed E-state index contributed by atoms with van der Waals surface area (Å²) in [6.07, 6.45) is 1.09. The van der Waals surface area contributed by atoms with Crippen molar-refractivity contribution < 1.29 is 0 Å².